The van der Waals surface area contributed by atoms with Crippen LogP contribution in [0.2, 0.25) is 5.02 Å². The number of aromatic nitrogens is 2. The average molecular weight is 865 g/mol. The van der Waals surface area contributed by atoms with Gasteiger partial charge in [0, 0.05) is 51.3 Å². The Bertz CT molecular complexity index is 2330. The fourth-order valence-corrected chi connectivity index (χ4v) is 10.2. The van der Waals surface area contributed by atoms with Gasteiger partial charge in [-0.2, -0.15) is 9.97 Å². The minimum atomic E-state index is -0.716. The van der Waals surface area contributed by atoms with Crippen molar-refractivity contribution in [3.8, 4) is 22.9 Å². The first-order chi connectivity index (χ1) is 29.1. The van der Waals surface area contributed by atoms with Crippen LogP contribution in [0.15, 0.2) is 30.3 Å². The third-order valence-electron chi connectivity index (χ3n) is 12.6. The highest BCUT2D eigenvalue weighted by atomic mass is 35.5. The average Bonchev–Trinajstić information content (AvgIpc) is 3.87. The van der Waals surface area contributed by atoms with Gasteiger partial charge in [-0.3, -0.25) is 9.80 Å². The lowest BCUT2D eigenvalue weighted by Crippen LogP contribution is -2.57. The molecule has 0 N–H and O–H groups in total. The van der Waals surface area contributed by atoms with Crippen LogP contribution in [0.4, 0.5) is 24.2 Å². The molecule has 0 spiro atoms. The van der Waals surface area contributed by atoms with E-state index < -0.39 is 17.2 Å². The minimum absolute atomic E-state index is 0.00244. The molecule has 4 fully saturated rings. The number of methoxy groups -OCH3 is 1. The summed E-state index contributed by atoms with van der Waals surface area (Å²) in [5, 5.41) is 1.63. The van der Waals surface area contributed by atoms with Crippen LogP contribution in [0.5, 0.6) is 11.8 Å². The first kappa shape index (κ1) is 42.9. The third kappa shape index (κ3) is 8.20. The highest BCUT2D eigenvalue weighted by Gasteiger charge is 2.50. The molecule has 4 atom stereocenters. The number of hydrogen-bond donors (Lipinski definition) is 0. The number of halogens is 3. The second-order valence-electron chi connectivity index (χ2n) is 17.9. The maximum Gasteiger partial charge on any atom is 0.410 e. The molecule has 13 nitrogen and oxygen atoms in total. The molecule has 8 rings (SSSR count). The molecular formula is C45H55ClF2N6O7. The highest BCUT2D eigenvalue weighted by molar-refractivity contribution is 6.35. The minimum Gasteiger partial charge on any atom is -0.468 e. The Hall–Kier alpha value is -4.73. The Balaban J connectivity index is 1.22. The van der Waals surface area contributed by atoms with Gasteiger partial charge >= 0.3 is 18.2 Å². The second kappa shape index (κ2) is 16.9. The van der Waals surface area contributed by atoms with E-state index in [0.29, 0.717) is 58.4 Å². The fraction of sp³-hybridized carbons (Fsp3) is 0.556. The van der Waals surface area contributed by atoms with Gasteiger partial charge in [0.1, 0.15) is 41.7 Å². The SMILES string of the molecule is CCc1c(F)ccc2cc(OCOC)cc(-c3c(Cl)cc4c(N5C[C@H]6CC[C@@H](C5)N6C(=O)OC(C)(C)C)nc(OCC56CCCN5C(COC(=O)N(C)C)CC6)nc4c3F)c12. The standard InChI is InChI=1S/C45H55ClF2N6O7/c1-8-31-35(47)13-10-26-18-30(60-25-57-7)19-32(36(26)31)37-34(46)20-33-39(38(37)48)49-41(59-24-45-15-9-17-53(45)29(14-16-45)23-58-42(55)51(5)6)50-40(33)52-21-27-11-12-28(22-52)54(27)43(56)61-44(2,3)4/h10,13,18-20,27-29H,8-9,11-12,14-17,21-25H2,1-7H3/t27-,28+,29?,45?. The number of piperazine rings is 1. The van der Waals surface area contributed by atoms with Crippen LogP contribution in [0.3, 0.4) is 0 Å². The van der Waals surface area contributed by atoms with E-state index in [0.717, 1.165) is 45.1 Å². The molecule has 16 heteroatoms. The summed E-state index contributed by atoms with van der Waals surface area (Å²) in [6, 6.07) is 7.86. The number of aryl methyl sites for hydroxylation is 1. The number of benzene rings is 3. The molecule has 61 heavy (non-hydrogen) atoms. The molecule has 0 saturated carbocycles. The van der Waals surface area contributed by atoms with Crippen molar-refractivity contribution in [3.63, 3.8) is 0 Å². The van der Waals surface area contributed by atoms with E-state index in [4.69, 9.17) is 45.3 Å². The van der Waals surface area contributed by atoms with Crippen molar-refractivity contribution in [2.75, 3.05) is 65.7 Å². The molecule has 4 aromatic rings. The van der Waals surface area contributed by atoms with Crippen molar-refractivity contribution in [3.05, 3.63) is 52.6 Å². The zero-order valence-corrected chi connectivity index (χ0v) is 36.7. The topological polar surface area (TPSA) is 119 Å². The van der Waals surface area contributed by atoms with Crippen LogP contribution in [-0.4, -0.2) is 127 Å². The maximum absolute atomic E-state index is 17.8. The van der Waals surface area contributed by atoms with Crippen LogP contribution < -0.4 is 14.4 Å². The van der Waals surface area contributed by atoms with Crippen molar-refractivity contribution < 1.29 is 42.1 Å². The first-order valence-electron chi connectivity index (χ1n) is 21.2. The van der Waals surface area contributed by atoms with Crippen molar-refractivity contribution >= 4 is 51.3 Å². The van der Waals surface area contributed by atoms with Crippen LogP contribution in [0.25, 0.3) is 32.8 Å². The molecule has 0 aliphatic carbocycles. The van der Waals surface area contributed by atoms with Crippen LogP contribution in [-0.2, 0) is 20.6 Å². The van der Waals surface area contributed by atoms with Gasteiger partial charge in [-0.1, -0.05) is 24.6 Å². The highest BCUT2D eigenvalue weighted by Crippen LogP contribution is 2.46. The molecule has 4 aliphatic heterocycles. The number of nitrogens with zero attached hydrogens (tertiary/aromatic N) is 6. The maximum atomic E-state index is 17.8. The lowest BCUT2D eigenvalue weighted by Gasteiger charge is -2.42. The van der Waals surface area contributed by atoms with Crippen molar-refractivity contribution in [2.24, 2.45) is 0 Å². The summed E-state index contributed by atoms with van der Waals surface area (Å²) in [6.45, 7) is 9.56. The number of ether oxygens (including phenoxy) is 5. The van der Waals surface area contributed by atoms with Crippen molar-refractivity contribution in [1.82, 2.24) is 24.7 Å². The number of carbonyl (C=O) groups excluding carboxylic acids is 2. The van der Waals surface area contributed by atoms with Gasteiger partial charge in [0.15, 0.2) is 12.6 Å². The number of carbonyl (C=O) groups is 2. The van der Waals surface area contributed by atoms with E-state index in [1.165, 1.54) is 18.1 Å². The van der Waals surface area contributed by atoms with Gasteiger partial charge in [0.25, 0.3) is 0 Å². The fourth-order valence-electron chi connectivity index (χ4n) is 9.93. The van der Waals surface area contributed by atoms with Crippen LogP contribution in [0.1, 0.15) is 71.8 Å². The first-order valence-corrected chi connectivity index (χ1v) is 21.6. The summed E-state index contributed by atoms with van der Waals surface area (Å²) in [5.74, 6) is -0.292. The van der Waals surface area contributed by atoms with Gasteiger partial charge in [0.2, 0.25) is 0 Å². The summed E-state index contributed by atoms with van der Waals surface area (Å²) in [4.78, 5) is 43.2. The van der Waals surface area contributed by atoms with Crippen LogP contribution in [0, 0.1) is 11.6 Å². The molecule has 5 heterocycles. The van der Waals surface area contributed by atoms with E-state index in [-0.39, 0.29) is 78.0 Å². The molecule has 0 radical (unpaired) electrons. The van der Waals surface area contributed by atoms with Crippen molar-refractivity contribution in [2.45, 2.75) is 102 Å². The molecule has 3 aromatic carbocycles. The molecule has 2 bridgehead atoms. The normalized spacial score (nSPS) is 22.6. The smallest absolute Gasteiger partial charge is 0.410 e. The molecule has 328 valence electrons. The Morgan fingerprint density at radius 2 is 1.77 bits per heavy atom. The Morgan fingerprint density at radius 3 is 2.46 bits per heavy atom. The lowest BCUT2D eigenvalue weighted by molar-refractivity contribution is 0.0122. The quantitative estimate of drug-likeness (QED) is 0.135. The lowest BCUT2D eigenvalue weighted by atomic mass is 9.92. The molecule has 2 amide bonds. The number of rotatable bonds is 11. The molecule has 1 aromatic heterocycles. The Kier molecular flexibility index (Phi) is 11.9. The summed E-state index contributed by atoms with van der Waals surface area (Å²) in [7, 11) is 4.82. The zero-order chi connectivity index (χ0) is 43.4. The Labute approximate surface area is 360 Å². The number of amides is 2. The van der Waals surface area contributed by atoms with E-state index >= 15 is 8.78 Å². The molecule has 4 saturated heterocycles. The summed E-state index contributed by atoms with van der Waals surface area (Å²) < 4.78 is 62.2. The van der Waals surface area contributed by atoms with E-state index in [9.17, 15) is 9.59 Å². The van der Waals surface area contributed by atoms with Gasteiger partial charge in [-0.05, 0) is 118 Å². The third-order valence-corrected chi connectivity index (χ3v) is 12.9. The zero-order valence-electron chi connectivity index (χ0n) is 36.0. The number of hydrogen-bond acceptors (Lipinski definition) is 11. The Morgan fingerprint density at radius 1 is 1.02 bits per heavy atom. The van der Waals surface area contributed by atoms with Gasteiger partial charge < -0.3 is 33.5 Å². The predicted molar refractivity (Wildman–Crippen MR) is 229 cm³/mol. The summed E-state index contributed by atoms with van der Waals surface area (Å²) >= 11 is 7.15. The number of anilines is 1. The predicted octanol–water partition coefficient (Wildman–Crippen LogP) is 8.59. The second-order valence-corrected chi connectivity index (χ2v) is 18.3. The monoisotopic (exact) mass is 864 g/mol. The van der Waals surface area contributed by atoms with E-state index in [1.54, 1.807) is 38.4 Å². The molecular weight excluding hydrogens is 810 g/mol. The number of fused-ring (bicyclic) bond motifs is 5. The summed E-state index contributed by atoms with van der Waals surface area (Å²) in [5.41, 5.74) is -0.185. The van der Waals surface area contributed by atoms with E-state index in [1.807, 2.05) is 32.6 Å². The molecule has 4 aliphatic rings. The molecule has 2 unspecified atom stereocenters. The van der Waals surface area contributed by atoms with Gasteiger partial charge in [-0.25, -0.2) is 18.4 Å². The van der Waals surface area contributed by atoms with Crippen molar-refractivity contribution in [1.29, 1.82) is 0 Å². The summed E-state index contributed by atoms with van der Waals surface area (Å²) in [6.07, 6.45) is 4.65. The largest absolute Gasteiger partial charge is 0.468 e. The van der Waals surface area contributed by atoms with Gasteiger partial charge in [-0.15, -0.1) is 0 Å². The van der Waals surface area contributed by atoms with Gasteiger partial charge in [0.05, 0.1) is 22.6 Å². The van der Waals surface area contributed by atoms with E-state index in [2.05, 4.69) is 9.80 Å². The van der Waals surface area contributed by atoms with Crippen LogP contribution >= 0.6 is 11.6 Å².